The van der Waals surface area contributed by atoms with E-state index in [1.807, 2.05) is 0 Å². The summed E-state index contributed by atoms with van der Waals surface area (Å²) in [5.74, 6) is -2.36. The topological polar surface area (TPSA) is 81.1 Å². The highest BCUT2D eigenvalue weighted by Gasteiger charge is 2.14. The number of hydrogen-bond donors (Lipinski definition) is 3. The number of nitrogens with two attached hydrogens (primary N) is 2. The fourth-order valence-corrected chi connectivity index (χ4v) is 2.07. The van der Waals surface area contributed by atoms with Crippen LogP contribution >= 0.6 is 15.9 Å². The Bertz CT molecular complexity index is 668. The van der Waals surface area contributed by atoms with Crippen molar-refractivity contribution in [3.63, 3.8) is 0 Å². The van der Waals surface area contributed by atoms with Gasteiger partial charge in [0.1, 0.15) is 5.69 Å². The van der Waals surface area contributed by atoms with E-state index >= 15 is 0 Å². The number of nitrogens with one attached hydrogen (secondary N) is 1. The van der Waals surface area contributed by atoms with Crippen molar-refractivity contribution in [3.8, 4) is 0 Å². The number of nitrogen functional groups attached to an aromatic ring is 1. The predicted molar refractivity (Wildman–Crippen MR) is 76.7 cm³/mol. The number of primary amides is 1. The van der Waals surface area contributed by atoms with E-state index in [0.29, 0.717) is 5.69 Å². The summed E-state index contributed by atoms with van der Waals surface area (Å²) < 4.78 is 27.7. The van der Waals surface area contributed by atoms with Crippen molar-refractivity contribution in [3.05, 3.63) is 52.0 Å². The Morgan fingerprint density at radius 1 is 1.15 bits per heavy atom. The van der Waals surface area contributed by atoms with Crippen LogP contribution in [-0.2, 0) is 0 Å². The molecule has 0 unspecified atom stereocenters. The molecule has 2 aromatic carbocycles. The van der Waals surface area contributed by atoms with E-state index in [-0.39, 0.29) is 21.4 Å². The highest BCUT2D eigenvalue weighted by Crippen LogP contribution is 2.29. The predicted octanol–water partition coefficient (Wildman–Crippen LogP) is 3.15. The number of benzene rings is 2. The molecular formula is C13H10BrF2N3O. The number of anilines is 3. The van der Waals surface area contributed by atoms with E-state index in [1.54, 1.807) is 0 Å². The van der Waals surface area contributed by atoms with Crippen LogP contribution in [0.5, 0.6) is 0 Å². The van der Waals surface area contributed by atoms with E-state index in [4.69, 9.17) is 11.5 Å². The van der Waals surface area contributed by atoms with E-state index in [9.17, 15) is 13.6 Å². The highest BCUT2D eigenvalue weighted by molar-refractivity contribution is 9.10. The smallest absolute Gasteiger partial charge is 0.250 e. The van der Waals surface area contributed by atoms with E-state index < -0.39 is 17.5 Å². The van der Waals surface area contributed by atoms with Crippen LogP contribution in [0.3, 0.4) is 0 Å². The number of amides is 1. The lowest BCUT2D eigenvalue weighted by molar-refractivity contribution is 0.100. The number of carbonyl (C=O) groups excluding carboxylic acids is 1. The first-order valence-corrected chi connectivity index (χ1v) is 6.28. The fraction of sp³-hybridized carbons (Fsp3) is 0. The van der Waals surface area contributed by atoms with Crippen LogP contribution < -0.4 is 16.8 Å². The van der Waals surface area contributed by atoms with Gasteiger partial charge in [0.05, 0.1) is 11.3 Å². The van der Waals surface area contributed by atoms with Crippen LogP contribution in [0.2, 0.25) is 0 Å². The molecule has 0 aliphatic carbocycles. The van der Waals surface area contributed by atoms with Crippen LogP contribution in [0.1, 0.15) is 10.4 Å². The minimum Gasteiger partial charge on any atom is -0.399 e. The van der Waals surface area contributed by atoms with Gasteiger partial charge in [0, 0.05) is 10.2 Å². The average Bonchev–Trinajstić information content (AvgIpc) is 2.34. The first kappa shape index (κ1) is 14.3. The van der Waals surface area contributed by atoms with Crippen LogP contribution in [0.25, 0.3) is 0 Å². The monoisotopic (exact) mass is 341 g/mol. The number of carbonyl (C=O) groups is 1. The molecule has 0 aliphatic heterocycles. The second kappa shape index (κ2) is 5.46. The standard InChI is InChI=1S/C13H10BrF2N3O/c14-6-3-9(15)12(10(16)4-6)19-11-2-1-7(17)5-8(11)13(18)20/h1-5,19H,17H2,(H2,18,20). The summed E-state index contributed by atoms with van der Waals surface area (Å²) in [5.41, 5.74) is 10.9. The lowest BCUT2D eigenvalue weighted by Crippen LogP contribution is -2.14. The quantitative estimate of drug-likeness (QED) is 0.750. The molecule has 0 atom stereocenters. The van der Waals surface area contributed by atoms with E-state index in [0.717, 1.165) is 12.1 Å². The Morgan fingerprint density at radius 2 is 1.75 bits per heavy atom. The van der Waals surface area contributed by atoms with Crippen LogP contribution in [-0.4, -0.2) is 5.91 Å². The first-order chi connectivity index (χ1) is 9.38. The first-order valence-electron chi connectivity index (χ1n) is 5.49. The zero-order chi connectivity index (χ0) is 14.9. The molecule has 1 amide bonds. The summed E-state index contributed by atoms with van der Waals surface area (Å²) in [4.78, 5) is 11.3. The SMILES string of the molecule is NC(=O)c1cc(N)ccc1Nc1c(F)cc(Br)cc1F. The molecule has 0 bridgehead atoms. The summed E-state index contributed by atoms with van der Waals surface area (Å²) in [6, 6.07) is 6.46. The van der Waals surface area contributed by atoms with Gasteiger partial charge in [-0.2, -0.15) is 0 Å². The van der Waals surface area contributed by atoms with Gasteiger partial charge in [0.2, 0.25) is 0 Å². The molecule has 20 heavy (non-hydrogen) atoms. The summed E-state index contributed by atoms with van der Waals surface area (Å²) in [6.07, 6.45) is 0. The molecule has 0 saturated carbocycles. The minimum atomic E-state index is -0.802. The third-order valence-electron chi connectivity index (χ3n) is 2.58. The molecule has 0 spiro atoms. The van der Waals surface area contributed by atoms with Crippen molar-refractivity contribution >= 4 is 38.9 Å². The molecule has 0 heterocycles. The Kier molecular flexibility index (Phi) is 3.89. The second-order valence-electron chi connectivity index (χ2n) is 4.04. The van der Waals surface area contributed by atoms with E-state index in [1.165, 1.54) is 18.2 Å². The van der Waals surface area contributed by atoms with E-state index in [2.05, 4.69) is 21.2 Å². The third-order valence-corrected chi connectivity index (χ3v) is 3.03. The maximum absolute atomic E-state index is 13.7. The molecule has 2 aromatic rings. The lowest BCUT2D eigenvalue weighted by atomic mass is 10.1. The molecular weight excluding hydrogens is 332 g/mol. The average molecular weight is 342 g/mol. The zero-order valence-corrected chi connectivity index (χ0v) is 11.7. The van der Waals surface area contributed by atoms with Crippen molar-refractivity contribution in [2.45, 2.75) is 0 Å². The normalized spacial score (nSPS) is 10.3. The summed E-state index contributed by atoms with van der Waals surface area (Å²) >= 11 is 2.98. The van der Waals surface area contributed by atoms with Crippen molar-refractivity contribution in [2.75, 3.05) is 11.1 Å². The van der Waals surface area contributed by atoms with Gasteiger partial charge in [0.15, 0.2) is 11.6 Å². The van der Waals surface area contributed by atoms with Crippen molar-refractivity contribution in [1.82, 2.24) is 0 Å². The molecule has 104 valence electrons. The largest absolute Gasteiger partial charge is 0.399 e. The minimum absolute atomic E-state index is 0.0479. The van der Waals surface area contributed by atoms with Gasteiger partial charge >= 0.3 is 0 Å². The maximum Gasteiger partial charge on any atom is 0.250 e. The fourth-order valence-electron chi connectivity index (χ4n) is 1.67. The number of hydrogen-bond acceptors (Lipinski definition) is 3. The van der Waals surface area contributed by atoms with Crippen molar-refractivity contribution < 1.29 is 13.6 Å². The molecule has 0 aromatic heterocycles. The second-order valence-corrected chi connectivity index (χ2v) is 4.95. The molecule has 7 heteroatoms. The number of halogens is 3. The Labute approximate surface area is 121 Å². The molecule has 0 radical (unpaired) electrons. The molecule has 2 rings (SSSR count). The van der Waals surface area contributed by atoms with Gasteiger partial charge in [-0.1, -0.05) is 15.9 Å². The third kappa shape index (κ3) is 2.88. The van der Waals surface area contributed by atoms with Gasteiger partial charge in [-0.3, -0.25) is 4.79 Å². The lowest BCUT2D eigenvalue weighted by Gasteiger charge is -2.12. The van der Waals surface area contributed by atoms with Gasteiger partial charge in [-0.25, -0.2) is 8.78 Å². The van der Waals surface area contributed by atoms with Gasteiger partial charge in [-0.15, -0.1) is 0 Å². The molecule has 0 fully saturated rings. The Balaban J connectivity index is 2.48. The van der Waals surface area contributed by atoms with Gasteiger partial charge in [-0.05, 0) is 30.3 Å². The molecule has 5 N–H and O–H groups in total. The van der Waals surface area contributed by atoms with Crippen molar-refractivity contribution in [1.29, 1.82) is 0 Å². The van der Waals surface area contributed by atoms with Crippen LogP contribution in [0.4, 0.5) is 25.8 Å². The van der Waals surface area contributed by atoms with Crippen molar-refractivity contribution in [2.24, 2.45) is 5.73 Å². The van der Waals surface area contributed by atoms with Crippen LogP contribution in [0.15, 0.2) is 34.8 Å². The maximum atomic E-state index is 13.7. The Hall–Kier alpha value is -2.15. The molecule has 0 aliphatic rings. The highest BCUT2D eigenvalue weighted by atomic mass is 79.9. The van der Waals surface area contributed by atoms with Crippen LogP contribution in [0, 0.1) is 11.6 Å². The Morgan fingerprint density at radius 3 is 2.30 bits per heavy atom. The van der Waals surface area contributed by atoms with Gasteiger partial charge in [0.25, 0.3) is 5.91 Å². The summed E-state index contributed by atoms with van der Waals surface area (Å²) in [6.45, 7) is 0. The zero-order valence-electron chi connectivity index (χ0n) is 10.1. The van der Waals surface area contributed by atoms with Gasteiger partial charge < -0.3 is 16.8 Å². The number of rotatable bonds is 3. The molecule has 4 nitrogen and oxygen atoms in total. The molecule has 0 saturated heterocycles. The summed E-state index contributed by atoms with van der Waals surface area (Å²) in [7, 11) is 0. The summed E-state index contributed by atoms with van der Waals surface area (Å²) in [5, 5.41) is 2.52.